The molecule has 3 nitrogen and oxygen atoms in total. The van der Waals surface area contributed by atoms with Gasteiger partial charge in [0.05, 0.1) is 12.2 Å². The Kier molecular flexibility index (Phi) is 3.96. The van der Waals surface area contributed by atoms with Crippen molar-refractivity contribution in [1.82, 2.24) is 15.3 Å². The largest absolute Gasteiger partial charge is 0.319 e. The number of rotatable bonds is 5. The molecule has 1 aromatic rings. The summed E-state index contributed by atoms with van der Waals surface area (Å²) in [6, 6.07) is 0. The van der Waals surface area contributed by atoms with Crippen LogP contribution in [0.4, 0.5) is 17.6 Å². The van der Waals surface area contributed by atoms with Gasteiger partial charge in [-0.15, -0.1) is 0 Å². The molecule has 0 aromatic carbocycles. The first-order chi connectivity index (χ1) is 7.02. The van der Waals surface area contributed by atoms with Crippen molar-refractivity contribution in [2.24, 2.45) is 0 Å². The molecule has 0 aliphatic carbocycles. The van der Waals surface area contributed by atoms with Crippen molar-refractivity contribution in [3.63, 3.8) is 0 Å². The number of nitrogens with zero attached hydrogens (tertiary/aromatic N) is 2. The summed E-state index contributed by atoms with van der Waals surface area (Å²) in [4.78, 5) is 7.48. The van der Waals surface area contributed by atoms with Crippen LogP contribution in [0, 0.1) is 0 Å². The zero-order valence-electron chi connectivity index (χ0n) is 7.63. The lowest BCUT2D eigenvalue weighted by Crippen LogP contribution is -2.38. The molecular formula is C8H9F4N3. The molecule has 0 fully saturated rings. The molecule has 15 heavy (non-hydrogen) atoms. The van der Waals surface area contributed by atoms with E-state index in [1.807, 2.05) is 0 Å². The number of alkyl halides is 4. The van der Waals surface area contributed by atoms with Crippen LogP contribution in [0.5, 0.6) is 0 Å². The van der Waals surface area contributed by atoms with Gasteiger partial charge in [-0.1, -0.05) is 0 Å². The molecule has 0 bridgehead atoms. The van der Waals surface area contributed by atoms with Crippen molar-refractivity contribution in [2.75, 3.05) is 6.54 Å². The van der Waals surface area contributed by atoms with E-state index < -0.39 is 18.9 Å². The summed E-state index contributed by atoms with van der Waals surface area (Å²) in [5, 5.41) is 2.19. The Morgan fingerprint density at radius 1 is 1.33 bits per heavy atom. The third-order valence-electron chi connectivity index (χ3n) is 1.60. The minimum atomic E-state index is -4.01. The quantitative estimate of drug-likeness (QED) is 0.768. The first-order valence-corrected chi connectivity index (χ1v) is 4.14. The zero-order valence-corrected chi connectivity index (χ0v) is 7.63. The SMILES string of the molecule is FC(F)C(F)(F)CNCc1cnccn1. The lowest BCUT2D eigenvalue weighted by Gasteiger charge is -2.15. The molecule has 1 aromatic heterocycles. The second-order valence-electron chi connectivity index (χ2n) is 2.86. The number of halogens is 4. The lowest BCUT2D eigenvalue weighted by atomic mass is 10.3. The maximum atomic E-state index is 12.4. The van der Waals surface area contributed by atoms with Crippen LogP contribution in [0.25, 0.3) is 0 Å². The van der Waals surface area contributed by atoms with E-state index in [9.17, 15) is 17.6 Å². The number of aromatic nitrogens is 2. The minimum absolute atomic E-state index is 0.0177. The molecule has 0 unspecified atom stereocenters. The van der Waals surface area contributed by atoms with Gasteiger partial charge in [0.25, 0.3) is 0 Å². The molecule has 1 N–H and O–H groups in total. The van der Waals surface area contributed by atoms with Crippen molar-refractivity contribution in [3.05, 3.63) is 24.3 Å². The molecule has 0 aliphatic heterocycles. The molecule has 0 aliphatic rings. The maximum absolute atomic E-state index is 12.4. The van der Waals surface area contributed by atoms with Crippen molar-refractivity contribution in [2.45, 2.75) is 18.9 Å². The van der Waals surface area contributed by atoms with Gasteiger partial charge in [-0.05, 0) is 0 Å². The molecule has 0 atom stereocenters. The third kappa shape index (κ3) is 3.78. The van der Waals surface area contributed by atoms with E-state index in [1.54, 1.807) is 0 Å². The Labute approximate surface area is 83.5 Å². The summed E-state index contributed by atoms with van der Waals surface area (Å²) in [6.45, 7) is -1.10. The van der Waals surface area contributed by atoms with Crippen LogP contribution in [-0.2, 0) is 6.54 Å². The van der Waals surface area contributed by atoms with E-state index in [2.05, 4.69) is 15.3 Å². The second kappa shape index (κ2) is 5.01. The van der Waals surface area contributed by atoms with Crippen molar-refractivity contribution in [3.8, 4) is 0 Å². The van der Waals surface area contributed by atoms with Crippen LogP contribution in [-0.4, -0.2) is 28.9 Å². The zero-order chi connectivity index (χ0) is 11.3. The van der Waals surface area contributed by atoms with E-state index >= 15 is 0 Å². The average molecular weight is 223 g/mol. The number of hydrogen-bond acceptors (Lipinski definition) is 3. The van der Waals surface area contributed by atoms with Gasteiger partial charge in [0.1, 0.15) is 0 Å². The Morgan fingerprint density at radius 3 is 2.60 bits per heavy atom. The molecule has 84 valence electrons. The normalized spacial score (nSPS) is 12.1. The standard InChI is InChI=1S/C8H9F4N3/c9-7(10)8(11,12)5-14-4-6-3-13-1-2-15-6/h1-3,7,14H,4-5H2. The fourth-order valence-electron chi connectivity index (χ4n) is 0.856. The van der Waals surface area contributed by atoms with Gasteiger partial charge in [0, 0.05) is 25.1 Å². The molecule has 0 amide bonds. The second-order valence-corrected chi connectivity index (χ2v) is 2.86. The molecular weight excluding hydrogens is 214 g/mol. The van der Waals surface area contributed by atoms with Crippen molar-refractivity contribution >= 4 is 0 Å². The molecule has 1 rings (SSSR count). The topological polar surface area (TPSA) is 37.8 Å². The number of hydrogen-bond donors (Lipinski definition) is 1. The summed E-state index contributed by atoms with van der Waals surface area (Å²) in [7, 11) is 0. The van der Waals surface area contributed by atoms with Crippen molar-refractivity contribution < 1.29 is 17.6 Å². The van der Waals surface area contributed by atoms with Gasteiger partial charge in [0.15, 0.2) is 0 Å². The highest BCUT2D eigenvalue weighted by Crippen LogP contribution is 2.21. The molecule has 0 spiro atoms. The van der Waals surface area contributed by atoms with Crippen LogP contribution in [0.1, 0.15) is 5.69 Å². The fraction of sp³-hybridized carbons (Fsp3) is 0.500. The third-order valence-corrected chi connectivity index (χ3v) is 1.60. The first kappa shape index (κ1) is 11.8. The van der Waals surface area contributed by atoms with Crippen LogP contribution < -0.4 is 5.32 Å². The highest BCUT2D eigenvalue weighted by atomic mass is 19.3. The summed E-state index contributed by atoms with van der Waals surface area (Å²) in [6.07, 6.45) is 0.527. The predicted octanol–water partition coefficient (Wildman–Crippen LogP) is 1.47. The van der Waals surface area contributed by atoms with Crippen LogP contribution >= 0.6 is 0 Å². The monoisotopic (exact) mass is 223 g/mol. The molecule has 0 saturated carbocycles. The van der Waals surface area contributed by atoms with E-state index in [0.717, 1.165) is 0 Å². The highest BCUT2D eigenvalue weighted by Gasteiger charge is 2.39. The van der Waals surface area contributed by atoms with Gasteiger partial charge >= 0.3 is 12.3 Å². The predicted molar refractivity (Wildman–Crippen MR) is 44.7 cm³/mol. The number of nitrogens with one attached hydrogen (secondary N) is 1. The van der Waals surface area contributed by atoms with Gasteiger partial charge in [-0.25, -0.2) is 8.78 Å². The molecule has 0 radical (unpaired) electrons. The molecule has 7 heteroatoms. The average Bonchev–Trinajstić information content (AvgIpc) is 2.19. The van der Waals surface area contributed by atoms with Gasteiger partial charge in [0.2, 0.25) is 0 Å². The van der Waals surface area contributed by atoms with E-state index in [-0.39, 0.29) is 6.54 Å². The van der Waals surface area contributed by atoms with Gasteiger partial charge in [-0.3, -0.25) is 9.97 Å². The Hall–Kier alpha value is -1.24. The van der Waals surface area contributed by atoms with Crippen LogP contribution in [0.2, 0.25) is 0 Å². The summed E-state index contributed by atoms with van der Waals surface area (Å²) >= 11 is 0. The summed E-state index contributed by atoms with van der Waals surface area (Å²) in [5.41, 5.74) is 0.419. The Balaban J connectivity index is 2.34. The minimum Gasteiger partial charge on any atom is -0.305 e. The summed E-state index contributed by atoms with van der Waals surface area (Å²) in [5.74, 6) is -4.01. The lowest BCUT2D eigenvalue weighted by molar-refractivity contribution is -0.125. The first-order valence-electron chi connectivity index (χ1n) is 4.14. The van der Waals surface area contributed by atoms with Gasteiger partial charge in [-0.2, -0.15) is 8.78 Å². The van der Waals surface area contributed by atoms with Crippen molar-refractivity contribution in [1.29, 1.82) is 0 Å². The highest BCUT2D eigenvalue weighted by molar-refractivity contribution is 4.93. The molecule has 0 saturated heterocycles. The maximum Gasteiger partial charge on any atom is 0.319 e. The Bertz CT molecular complexity index is 291. The van der Waals surface area contributed by atoms with E-state index in [4.69, 9.17) is 0 Å². The van der Waals surface area contributed by atoms with E-state index in [1.165, 1.54) is 18.6 Å². The van der Waals surface area contributed by atoms with Gasteiger partial charge < -0.3 is 5.32 Å². The molecule has 1 heterocycles. The Morgan fingerprint density at radius 2 is 2.07 bits per heavy atom. The van der Waals surface area contributed by atoms with Crippen LogP contribution in [0.3, 0.4) is 0 Å². The summed E-state index contributed by atoms with van der Waals surface area (Å²) < 4.78 is 48.2. The fourth-order valence-corrected chi connectivity index (χ4v) is 0.856. The smallest absolute Gasteiger partial charge is 0.305 e. The van der Waals surface area contributed by atoms with Crippen LogP contribution in [0.15, 0.2) is 18.6 Å². The van der Waals surface area contributed by atoms with E-state index in [0.29, 0.717) is 5.69 Å².